The van der Waals surface area contributed by atoms with Crippen LogP contribution in [0.2, 0.25) is 0 Å². The van der Waals surface area contributed by atoms with E-state index in [0.29, 0.717) is 13.1 Å². The van der Waals surface area contributed by atoms with E-state index in [2.05, 4.69) is 57.0 Å². The quantitative estimate of drug-likeness (QED) is 0.312. The molecule has 0 radical (unpaired) electrons. The molecule has 35 heavy (non-hydrogen) atoms. The van der Waals surface area contributed by atoms with Crippen molar-refractivity contribution in [3.63, 3.8) is 0 Å². The minimum absolute atomic E-state index is 0.00153. The van der Waals surface area contributed by atoms with Gasteiger partial charge in [-0.15, -0.1) is 0 Å². The maximum Gasteiger partial charge on any atom is 0.290 e. The van der Waals surface area contributed by atoms with Crippen LogP contribution in [0.4, 0.5) is 0 Å². The van der Waals surface area contributed by atoms with Crippen molar-refractivity contribution in [3.05, 3.63) is 82.5 Å². The first-order valence-corrected chi connectivity index (χ1v) is 13.3. The van der Waals surface area contributed by atoms with Crippen LogP contribution in [-0.4, -0.2) is 45.3 Å². The number of aromatic nitrogens is 1. The van der Waals surface area contributed by atoms with Crippen molar-refractivity contribution in [1.82, 2.24) is 14.4 Å². The molecule has 0 unspecified atom stereocenters. The summed E-state index contributed by atoms with van der Waals surface area (Å²) in [4.78, 5) is 30.3. The summed E-state index contributed by atoms with van der Waals surface area (Å²) in [5, 5.41) is 0. The number of hydrogen-bond acceptors (Lipinski definition) is 3. The fraction of sp³-hybridized carbons (Fsp3) is 0.429. The molecule has 186 valence electrons. The summed E-state index contributed by atoms with van der Waals surface area (Å²) in [6, 6.07) is 16.0. The minimum Gasteiger partial charge on any atom is -0.459 e. The topological polar surface area (TPSA) is 58.7 Å². The number of nitrogens with zero attached hydrogens (tertiary/aromatic N) is 3. The Labute approximate surface area is 216 Å². The van der Waals surface area contributed by atoms with Crippen LogP contribution in [0.5, 0.6) is 0 Å². The second-order valence-electron chi connectivity index (χ2n) is 9.27. The van der Waals surface area contributed by atoms with E-state index < -0.39 is 0 Å². The van der Waals surface area contributed by atoms with Gasteiger partial charge < -0.3 is 18.8 Å². The van der Waals surface area contributed by atoms with Gasteiger partial charge in [0, 0.05) is 35.5 Å². The van der Waals surface area contributed by atoms with Gasteiger partial charge in [0.1, 0.15) is 6.54 Å². The Kier molecular flexibility index (Phi) is 8.85. The SMILES string of the molecule is CCCN(CC(=O)N(Cc1cccn1Cc1ccc(Br)cc1)C1CCCCC1)C(=O)c1ccco1. The molecular formula is C28H34BrN3O3. The van der Waals surface area contributed by atoms with Crippen molar-refractivity contribution in [2.75, 3.05) is 13.1 Å². The normalized spacial score (nSPS) is 14.1. The predicted molar refractivity (Wildman–Crippen MR) is 140 cm³/mol. The van der Waals surface area contributed by atoms with E-state index in [1.807, 2.05) is 17.9 Å². The molecular weight excluding hydrogens is 506 g/mol. The largest absolute Gasteiger partial charge is 0.459 e. The lowest BCUT2D eigenvalue weighted by molar-refractivity contribution is -0.135. The molecule has 4 rings (SSSR count). The zero-order chi connectivity index (χ0) is 24.6. The van der Waals surface area contributed by atoms with E-state index in [9.17, 15) is 9.59 Å². The summed E-state index contributed by atoms with van der Waals surface area (Å²) in [6.45, 7) is 3.89. The number of amides is 2. The summed E-state index contributed by atoms with van der Waals surface area (Å²) < 4.78 is 8.59. The molecule has 2 amide bonds. The third-order valence-corrected chi connectivity index (χ3v) is 7.23. The van der Waals surface area contributed by atoms with Gasteiger partial charge >= 0.3 is 0 Å². The van der Waals surface area contributed by atoms with Crippen molar-refractivity contribution in [2.45, 2.75) is 64.6 Å². The van der Waals surface area contributed by atoms with Crippen LogP contribution in [0.25, 0.3) is 0 Å². The molecule has 6 nitrogen and oxygen atoms in total. The molecule has 2 aromatic heterocycles. The van der Waals surface area contributed by atoms with Crippen LogP contribution < -0.4 is 0 Å². The van der Waals surface area contributed by atoms with Gasteiger partial charge in [-0.05, 0) is 61.2 Å². The lowest BCUT2D eigenvalue weighted by atomic mass is 9.94. The van der Waals surface area contributed by atoms with Gasteiger partial charge in [-0.1, -0.05) is 54.2 Å². The maximum atomic E-state index is 13.7. The molecule has 1 aromatic carbocycles. The first-order valence-electron chi connectivity index (χ1n) is 12.6. The Hall–Kier alpha value is -2.80. The van der Waals surface area contributed by atoms with Crippen molar-refractivity contribution in [3.8, 4) is 0 Å². The molecule has 1 aliphatic carbocycles. The molecule has 1 fully saturated rings. The van der Waals surface area contributed by atoms with Gasteiger partial charge in [-0.25, -0.2) is 0 Å². The number of carbonyl (C=O) groups excluding carboxylic acids is 2. The Morgan fingerprint density at radius 1 is 1.06 bits per heavy atom. The monoisotopic (exact) mass is 539 g/mol. The van der Waals surface area contributed by atoms with Crippen molar-refractivity contribution >= 4 is 27.7 Å². The van der Waals surface area contributed by atoms with Gasteiger partial charge in [0.2, 0.25) is 5.91 Å². The van der Waals surface area contributed by atoms with Crippen molar-refractivity contribution in [1.29, 1.82) is 0 Å². The van der Waals surface area contributed by atoms with Crippen LogP contribution in [-0.2, 0) is 17.9 Å². The Morgan fingerprint density at radius 2 is 1.83 bits per heavy atom. The van der Waals surface area contributed by atoms with Crippen LogP contribution in [0, 0.1) is 0 Å². The molecule has 0 aliphatic heterocycles. The zero-order valence-corrected chi connectivity index (χ0v) is 22.0. The second-order valence-corrected chi connectivity index (χ2v) is 10.2. The summed E-state index contributed by atoms with van der Waals surface area (Å²) >= 11 is 3.50. The fourth-order valence-electron chi connectivity index (χ4n) is 4.85. The van der Waals surface area contributed by atoms with Gasteiger partial charge in [0.15, 0.2) is 5.76 Å². The molecule has 0 saturated heterocycles. The van der Waals surface area contributed by atoms with Gasteiger partial charge in [-0.2, -0.15) is 0 Å². The van der Waals surface area contributed by atoms with E-state index in [1.165, 1.54) is 18.2 Å². The first kappa shape index (κ1) is 25.3. The highest BCUT2D eigenvalue weighted by Gasteiger charge is 2.29. The standard InChI is InChI=1S/C28H34BrN3O3/c1-2-16-31(28(34)26-11-7-18-35-26)21-27(33)32(24-8-4-3-5-9-24)20-25-10-6-17-30(25)19-22-12-14-23(29)15-13-22/h6-7,10-15,17-18,24H,2-5,8-9,16,19-21H2,1H3. The van der Waals surface area contributed by atoms with Crippen LogP contribution in [0.3, 0.4) is 0 Å². The number of hydrogen-bond donors (Lipinski definition) is 0. The average Bonchev–Trinajstić information content (AvgIpc) is 3.56. The number of benzene rings is 1. The van der Waals surface area contributed by atoms with Crippen LogP contribution in [0.1, 0.15) is 67.3 Å². The number of halogens is 1. The third-order valence-electron chi connectivity index (χ3n) is 6.70. The van der Waals surface area contributed by atoms with E-state index in [-0.39, 0.29) is 30.2 Å². The van der Waals surface area contributed by atoms with Crippen LogP contribution in [0.15, 0.2) is 69.9 Å². The van der Waals surface area contributed by atoms with E-state index >= 15 is 0 Å². The fourth-order valence-corrected chi connectivity index (χ4v) is 5.12. The number of furan rings is 1. The Bertz CT molecular complexity index is 1090. The molecule has 0 spiro atoms. The Balaban J connectivity index is 1.52. The van der Waals surface area contributed by atoms with Gasteiger partial charge in [0.05, 0.1) is 12.8 Å². The highest BCUT2D eigenvalue weighted by molar-refractivity contribution is 9.10. The lowest BCUT2D eigenvalue weighted by Gasteiger charge is -2.36. The van der Waals surface area contributed by atoms with Gasteiger partial charge in [-0.3, -0.25) is 9.59 Å². The number of carbonyl (C=O) groups is 2. The first-order chi connectivity index (χ1) is 17.0. The molecule has 1 aliphatic rings. The summed E-state index contributed by atoms with van der Waals surface area (Å²) in [6.07, 6.45) is 9.86. The highest BCUT2D eigenvalue weighted by Crippen LogP contribution is 2.25. The summed E-state index contributed by atoms with van der Waals surface area (Å²) in [7, 11) is 0. The molecule has 0 atom stereocenters. The minimum atomic E-state index is -0.229. The predicted octanol–water partition coefficient (Wildman–Crippen LogP) is 6.11. The van der Waals surface area contributed by atoms with Crippen molar-refractivity contribution < 1.29 is 14.0 Å². The average molecular weight is 541 g/mol. The van der Waals surface area contributed by atoms with E-state index in [4.69, 9.17) is 4.42 Å². The maximum absolute atomic E-state index is 13.7. The second kappa shape index (κ2) is 12.2. The highest BCUT2D eigenvalue weighted by atomic mass is 79.9. The number of rotatable bonds is 10. The molecule has 2 heterocycles. The summed E-state index contributed by atoms with van der Waals surface area (Å²) in [5.41, 5.74) is 2.31. The van der Waals surface area contributed by atoms with Crippen molar-refractivity contribution in [2.24, 2.45) is 0 Å². The smallest absolute Gasteiger partial charge is 0.290 e. The molecule has 0 bridgehead atoms. The molecule has 0 N–H and O–H groups in total. The van der Waals surface area contributed by atoms with E-state index in [1.54, 1.807) is 17.0 Å². The third kappa shape index (κ3) is 6.66. The molecule has 1 saturated carbocycles. The van der Waals surface area contributed by atoms with Gasteiger partial charge in [0.25, 0.3) is 5.91 Å². The zero-order valence-electron chi connectivity index (χ0n) is 20.4. The molecule has 3 aromatic rings. The lowest BCUT2D eigenvalue weighted by Crippen LogP contribution is -2.47. The molecule has 7 heteroatoms. The Morgan fingerprint density at radius 3 is 2.51 bits per heavy atom. The van der Waals surface area contributed by atoms with Crippen LogP contribution >= 0.6 is 15.9 Å². The van der Waals surface area contributed by atoms with E-state index in [0.717, 1.165) is 48.8 Å². The summed E-state index contributed by atoms with van der Waals surface area (Å²) in [5.74, 6) is 0.0490.